The molecule has 8 nitrogen and oxygen atoms in total. The Hall–Kier alpha value is -3.03. The number of nitrogens with one attached hydrogen (secondary N) is 2. The van der Waals surface area contributed by atoms with Crippen molar-refractivity contribution in [3.05, 3.63) is 41.4 Å². The van der Waals surface area contributed by atoms with Crippen molar-refractivity contribution >= 4 is 22.8 Å². The first-order valence-corrected chi connectivity index (χ1v) is 8.53. The van der Waals surface area contributed by atoms with E-state index in [9.17, 15) is 4.79 Å². The Morgan fingerprint density at radius 3 is 2.85 bits per heavy atom. The summed E-state index contributed by atoms with van der Waals surface area (Å²) in [4.78, 5) is 29.7. The Labute approximate surface area is 150 Å². The molecule has 0 atom stereocenters. The number of carbonyl (C=O) groups is 1. The van der Waals surface area contributed by atoms with Crippen LogP contribution in [0.15, 0.2) is 23.2 Å². The molecule has 1 aliphatic rings. The molecule has 4 rings (SSSR count). The first-order chi connectivity index (χ1) is 12.5. The highest BCUT2D eigenvalue weighted by Gasteiger charge is 2.38. The molecule has 0 radical (unpaired) electrons. The van der Waals surface area contributed by atoms with Crippen LogP contribution in [0.1, 0.15) is 47.2 Å². The number of aromatic nitrogens is 4. The number of hydrogen-bond acceptors (Lipinski definition) is 7. The summed E-state index contributed by atoms with van der Waals surface area (Å²) in [6.07, 6.45) is 6.76. The monoisotopic (exact) mass is 352 g/mol. The number of furan rings is 1. The quantitative estimate of drug-likeness (QED) is 0.727. The molecular weight excluding hydrogens is 332 g/mol. The Kier molecular flexibility index (Phi) is 3.82. The third-order valence-corrected chi connectivity index (χ3v) is 4.66. The minimum atomic E-state index is -0.247. The van der Waals surface area contributed by atoms with E-state index in [1.54, 1.807) is 13.1 Å². The Morgan fingerprint density at radius 1 is 1.31 bits per heavy atom. The molecule has 1 saturated carbocycles. The van der Waals surface area contributed by atoms with Gasteiger partial charge in [-0.3, -0.25) is 4.79 Å². The third-order valence-electron chi connectivity index (χ3n) is 4.66. The average Bonchev–Trinajstić information content (AvgIpc) is 3.16. The predicted molar refractivity (Wildman–Crippen MR) is 95.7 cm³/mol. The molecule has 1 amide bonds. The third kappa shape index (κ3) is 3.10. The van der Waals surface area contributed by atoms with Gasteiger partial charge >= 0.3 is 0 Å². The number of anilines is 1. The normalized spacial score (nSPS) is 15.0. The van der Waals surface area contributed by atoms with Gasteiger partial charge in [0, 0.05) is 29.5 Å². The highest BCUT2D eigenvalue weighted by molar-refractivity contribution is 6.08. The van der Waals surface area contributed by atoms with Crippen LogP contribution in [0.5, 0.6) is 0 Å². The van der Waals surface area contributed by atoms with Crippen molar-refractivity contribution < 1.29 is 9.21 Å². The molecule has 0 unspecified atom stereocenters. The summed E-state index contributed by atoms with van der Waals surface area (Å²) in [5, 5.41) is 6.93. The van der Waals surface area contributed by atoms with Gasteiger partial charge in [0.05, 0.1) is 10.9 Å². The van der Waals surface area contributed by atoms with Crippen molar-refractivity contribution in [1.82, 2.24) is 25.3 Å². The fraction of sp³-hybridized carbons (Fsp3) is 0.389. The summed E-state index contributed by atoms with van der Waals surface area (Å²) in [6, 6.07) is 0. The van der Waals surface area contributed by atoms with E-state index in [1.165, 1.54) is 12.6 Å². The second kappa shape index (κ2) is 6.05. The van der Waals surface area contributed by atoms with Crippen molar-refractivity contribution in [2.75, 3.05) is 5.32 Å². The maximum atomic E-state index is 12.7. The fourth-order valence-electron chi connectivity index (χ4n) is 2.77. The first-order valence-electron chi connectivity index (χ1n) is 8.53. The smallest absolute Gasteiger partial charge is 0.255 e. The van der Waals surface area contributed by atoms with Crippen LogP contribution in [0, 0.1) is 13.8 Å². The Balaban J connectivity index is 1.63. The highest BCUT2D eigenvalue weighted by atomic mass is 16.3. The van der Waals surface area contributed by atoms with E-state index in [0.717, 1.165) is 24.1 Å². The van der Waals surface area contributed by atoms with E-state index in [2.05, 4.69) is 37.5 Å². The molecule has 3 aromatic heterocycles. The van der Waals surface area contributed by atoms with Crippen LogP contribution >= 0.6 is 0 Å². The van der Waals surface area contributed by atoms with Gasteiger partial charge in [-0.15, -0.1) is 0 Å². The summed E-state index contributed by atoms with van der Waals surface area (Å²) < 4.78 is 5.53. The van der Waals surface area contributed by atoms with Gasteiger partial charge in [-0.25, -0.2) is 15.0 Å². The van der Waals surface area contributed by atoms with Crippen molar-refractivity contribution in [2.45, 2.75) is 45.7 Å². The lowest BCUT2D eigenvalue weighted by molar-refractivity contribution is 0.0951. The van der Waals surface area contributed by atoms with Crippen LogP contribution < -0.4 is 10.6 Å². The lowest BCUT2D eigenvalue weighted by Crippen LogP contribution is -2.24. The number of nitrogens with zero attached hydrogens (tertiary/aromatic N) is 4. The molecule has 1 fully saturated rings. The van der Waals surface area contributed by atoms with E-state index in [-0.39, 0.29) is 11.4 Å². The second-order valence-electron chi connectivity index (χ2n) is 6.95. The summed E-state index contributed by atoms with van der Waals surface area (Å²) in [5.74, 6) is 0.997. The zero-order chi connectivity index (χ0) is 18.3. The van der Waals surface area contributed by atoms with Gasteiger partial charge in [0.25, 0.3) is 5.91 Å². The summed E-state index contributed by atoms with van der Waals surface area (Å²) in [5.41, 5.74) is 2.55. The number of fused-ring (bicyclic) bond motifs is 1. The summed E-state index contributed by atoms with van der Waals surface area (Å²) in [7, 11) is 0. The van der Waals surface area contributed by atoms with Crippen molar-refractivity contribution in [1.29, 1.82) is 0 Å². The van der Waals surface area contributed by atoms with Gasteiger partial charge < -0.3 is 15.1 Å². The lowest BCUT2D eigenvalue weighted by Gasteiger charge is -2.14. The van der Waals surface area contributed by atoms with Gasteiger partial charge in [0.15, 0.2) is 0 Å². The molecule has 0 spiro atoms. The van der Waals surface area contributed by atoms with E-state index < -0.39 is 0 Å². The van der Waals surface area contributed by atoms with Gasteiger partial charge in [0.1, 0.15) is 24.2 Å². The van der Waals surface area contributed by atoms with Crippen molar-refractivity contribution in [3.63, 3.8) is 0 Å². The topological polar surface area (TPSA) is 106 Å². The van der Waals surface area contributed by atoms with E-state index >= 15 is 0 Å². The van der Waals surface area contributed by atoms with E-state index in [1.807, 2.05) is 6.92 Å². The van der Waals surface area contributed by atoms with E-state index in [4.69, 9.17) is 4.42 Å². The highest BCUT2D eigenvalue weighted by Crippen LogP contribution is 2.39. The molecule has 2 N–H and O–H groups in total. The Bertz CT molecular complexity index is 993. The molecule has 3 heterocycles. The van der Waals surface area contributed by atoms with Gasteiger partial charge in [-0.05, 0) is 33.6 Å². The first kappa shape index (κ1) is 16.4. The summed E-state index contributed by atoms with van der Waals surface area (Å²) in [6.45, 7) is 6.16. The maximum absolute atomic E-state index is 12.7. The van der Waals surface area contributed by atoms with Crippen LogP contribution in [-0.2, 0) is 6.54 Å². The maximum Gasteiger partial charge on any atom is 0.255 e. The lowest BCUT2D eigenvalue weighted by atomic mass is 10.2. The SMILES string of the molecule is Cc1nc(NC2(C)CC2)c2c(C(=O)NCc3cncnc3C)coc2n1. The minimum absolute atomic E-state index is 0.0250. The number of rotatable bonds is 5. The number of amides is 1. The molecule has 134 valence electrons. The minimum Gasteiger partial charge on any atom is -0.445 e. The molecule has 0 aliphatic heterocycles. The largest absolute Gasteiger partial charge is 0.445 e. The second-order valence-corrected chi connectivity index (χ2v) is 6.95. The number of carbonyl (C=O) groups excluding carboxylic acids is 1. The van der Waals surface area contributed by atoms with Gasteiger partial charge in [-0.2, -0.15) is 4.98 Å². The summed E-state index contributed by atoms with van der Waals surface area (Å²) >= 11 is 0. The molecule has 0 saturated heterocycles. The number of aryl methyl sites for hydroxylation is 2. The van der Waals surface area contributed by atoms with Gasteiger partial charge in [0.2, 0.25) is 5.71 Å². The standard InChI is InChI=1S/C18H20N6O2/c1-10-12(6-19-9-21-10)7-20-16(25)13-8-26-17-14(13)15(22-11(2)23-17)24-18(3)4-5-18/h6,8-9H,4-5,7H2,1-3H3,(H,20,25)(H,22,23,24). The predicted octanol–water partition coefficient (Wildman–Crippen LogP) is 2.52. The molecule has 26 heavy (non-hydrogen) atoms. The fourth-order valence-corrected chi connectivity index (χ4v) is 2.77. The van der Waals surface area contributed by atoms with Crippen LogP contribution in [-0.4, -0.2) is 31.4 Å². The average molecular weight is 352 g/mol. The Morgan fingerprint density at radius 2 is 2.12 bits per heavy atom. The zero-order valence-electron chi connectivity index (χ0n) is 15.0. The van der Waals surface area contributed by atoms with E-state index in [0.29, 0.717) is 34.9 Å². The molecule has 8 heteroatoms. The molecule has 0 aromatic carbocycles. The van der Waals surface area contributed by atoms with Crippen LogP contribution in [0.3, 0.4) is 0 Å². The van der Waals surface area contributed by atoms with Crippen molar-refractivity contribution in [3.8, 4) is 0 Å². The number of hydrogen-bond donors (Lipinski definition) is 2. The van der Waals surface area contributed by atoms with Crippen LogP contribution in [0.25, 0.3) is 11.1 Å². The zero-order valence-corrected chi connectivity index (χ0v) is 15.0. The van der Waals surface area contributed by atoms with Crippen LogP contribution in [0.4, 0.5) is 5.82 Å². The molecule has 1 aliphatic carbocycles. The van der Waals surface area contributed by atoms with Gasteiger partial charge in [-0.1, -0.05) is 0 Å². The molecule has 3 aromatic rings. The molecular formula is C18H20N6O2. The van der Waals surface area contributed by atoms with Crippen molar-refractivity contribution in [2.24, 2.45) is 0 Å². The van der Waals surface area contributed by atoms with Crippen LogP contribution in [0.2, 0.25) is 0 Å². The molecule has 0 bridgehead atoms.